The van der Waals surface area contributed by atoms with Gasteiger partial charge in [-0.2, -0.15) is 13.1 Å². The summed E-state index contributed by atoms with van der Waals surface area (Å²) in [4.78, 5) is 12.9. The average Bonchev–Trinajstić information content (AvgIpc) is 3.19. The maximum atomic E-state index is 12.4. The van der Waals surface area contributed by atoms with Gasteiger partial charge in [0.2, 0.25) is 0 Å². The van der Waals surface area contributed by atoms with Crippen molar-refractivity contribution < 1.29 is 33.3 Å². The summed E-state index contributed by atoms with van der Waals surface area (Å²) in [6.45, 7) is 2.28. The molecule has 0 aliphatic carbocycles. The van der Waals surface area contributed by atoms with Crippen molar-refractivity contribution in [3.63, 3.8) is 0 Å². The molecule has 5 atom stereocenters. The first-order valence-corrected chi connectivity index (χ1v) is 14.5. The first-order valence-electron chi connectivity index (χ1n) is 13.0. The van der Waals surface area contributed by atoms with Crippen molar-refractivity contribution in [1.82, 2.24) is 14.3 Å². The van der Waals surface area contributed by atoms with Crippen LogP contribution in [0.15, 0.2) is 0 Å². The van der Waals surface area contributed by atoms with Crippen molar-refractivity contribution in [1.29, 1.82) is 0 Å². The van der Waals surface area contributed by atoms with Crippen LogP contribution in [0.5, 0.6) is 0 Å². The number of cyclic esters (lactones) is 1. The van der Waals surface area contributed by atoms with E-state index in [4.69, 9.17) is 4.74 Å². The van der Waals surface area contributed by atoms with Gasteiger partial charge in [0.1, 0.15) is 31.1 Å². The van der Waals surface area contributed by atoms with Crippen LogP contribution in [0, 0.1) is 0 Å². The Labute approximate surface area is 204 Å². The molecule has 10 nitrogen and oxygen atoms in total. The number of piperidine rings is 1. The van der Waals surface area contributed by atoms with Crippen LogP contribution in [0.3, 0.4) is 0 Å². The summed E-state index contributed by atoms with van der Waals surface area (Å²) in [5.41, 5.74) is 0. The van der Waals surface area contributed by atoms with Gasteiger partial charge in [0, 0.05) is 6.54 Å². The van der Waals surface area contributed by atoms with Crippen LogP contribution in [-0.2, 0) is 14.9 Å². The van der Waals surface area contributed by atoms with E-state index in [0.29, 0.717) is 6.42 Å². The molecule has 2 rings (SSSR count). The van der Waals surface area contributed by atoms with E-state index in [1.54, 1.807) is 0 Å². The highest BCUT2D eigenvalue weighted by Crippen LogP contribution is 2.28. The second-order valence-corrected chi connectivity index (χ2v) is 11.1. The largest absolute Gasteiger partial charge is 0.447 e. The number of ether oxygens (including phenoxy) is 1. The number of hydrogen-bond donors (Lipinski definition) is 5. The Morgan fingerprint density at radius 3 is 1.85 bits per heavy atom. The van der Waals surface area contributed by atoms with E-state index >= 15 is 0 Å². The summed E-state index contributed by atoms with van der Waals surface area (Å²) in [7, 11) is -4.04. The maximum absolute atomic E-state index is 12.4. The third-order valence-electron chi connectivity index (χ3n) is 6.76. The lowest BCUT2D eigenvalue weighted by molar-refractivity contribution is -0.144. The number of nitrogens with one attached hydrogen (secondary N) is 2. The summed E-state index contributed by atoms with van der Waals surface area (Å²) in [6, 6.07) is -0.926. The standard InChI is InChI=1S/C23H45N3O7S/c1-2-3-4-5-6-7-8-9-10-11-12-13-14-15-16-24-34(31,32)25-22-21(29)20(28)19(27)18-17-33-23(30)26(18)22/h18-22,24-25,27-29H,2-17H2,1H3/t18?,19-,20?,21+,22+/m1/s1. The van der Waals surface area contributed by atoms with Gasteiger partial charge in [-0.25, -0.2) is 9.52 Å². The number of carbonyl (C=O) groups is 1. The fraction of sp³-hybridized carbons (Fsp3) is 0.957. The summed E-state index contributed by atoms with van der Waals surface area (Å²) in [5, 5.41) is 30.3. The molecule has 0 aromatic carbocycles. The number of unbranched alkanes of at least 4 members (excludes halogenated alkanes) is 13. The molecule has 0 aromatic rings. The van der Waals surface area contributed by atoms with E-state index < -0.39 is 46.8 Å². The second kappa shape index (κ2) is 15.2. The van der Waals surface area contributed by atoms with E-state index in [9.17, 15) is 28.5 Å². The predicted molar refractivity (Wildman–Crippen MR) is 129 cm³/mol. The number of fused-ring (bicyclic) bond motifs is 1. The number of nitrogens with zero attached hydrogens (tertiary/aromatic N) is 1. The van der Waals surface area contributed by atoms with Crippen LogP contribution < -0.4 is 9.44 Å². The molecule has 34 heavy (non-hydrogen) atoms. The lowest BCUT2D eigenvalue weighted by Crippen LogP contribution is -2.70. The Morgan fingerprint density at radius 2 is 1.32 bits per heavy atom. The highest BCUT2D eigenvalue weighted by atomic mass is 32.2. The van der Waals surface area contributed by atoms with Crippen LogP contribution in [0.25, 0.3) is 0 Å². The molecule has 0 aromatic heterocycles. The van der Waals surface area contributed by atoms with Gasteiger partial charge in [-0.1, -0.05) is 90.4 Å². The first-order chi connectivity index (χ1) is 16.3. The normalized spacial score (nSPS) is 27.1. The van der Waals surface area contributed by atoms with Crippen molar-refractivity contribution in [3.05, 3.63) is 0 Å². The van der Waals surface area contributed by atoms with Gasteiger partial charge in [-0.3, -0.25) is 4.90 Å². The number of carbonyl (C=O) groups excluding carboxylic acids is 1. The molecule has 0 saturated carbocycles. The highest BCUT2D eigenvalue weighted by molar-refractivity contribution is 7.87. The number of rotatable bonds is 18. The third-order valence-corrected chi connectivity index (χ3v) is 7.90. The fourth-order valence-corrected chi connectivity index (χ4v) is 5.73. The quantitative estimate of drug-likeness (QED) is 0.178. The number of amides is 1. The minimum absolute atomic E-state index is 0.186. The predicted octanol–water partition coefficient (Wildman–Crippen LogP) is 2.13. The van der Waals surface area contributed by atoms with Gasteiger partial charge in [-0.15, -0.1) is 0 Å². The lowest BCUT2D eigenvalue weighted by Gasteiger charge is -2.43. The van der Waals surface area contributed by atoms with Gasteiger partial charge in [0.15, 0.2) is 0 Å². The monoisotopic (exact) mass is 507 g/mol. The Kier molecular flexibility index (Phi) is 13.1. The minimum Gasteiger partial charge on any atom is -0.447 e. The fourth-order valence-electron chi connectivity index (χ4n) is 4.66. The summed E-state index contributed by atoms with van der Waals surface area (Å²) in [6.07, 6.45) is 9.98. The van der Waals surface area contributed by atoms with Gasteiger partial charge >= 0.3 is 6.09 Å². The Morgan fingerprint density at radius 1 is 0.824 bits per heavy atom. The first kappa shape index (κ1) is 29.3. The molecule has 2 aliphatic rings. The molecule has 2 aliphatic heterocycles. The molecule has 0 spiro atoms. The summed E-state index contributed by atoms with van der Waals surface area (Å²) >= 11 is 0. The second-order valence-electron chi connectivity index (χ2n) is 9.58. The van der Waals surface area contributed by atoms with Crippen molar-refractivity contribution in [2.75, 3.05) is 13.2 Å². The molecular formula is C23H45N3O7S. The Bertz CT molecular complexity index is 694. The van der Waals surface area contributed by atoms with E-state index in [0.717, 1.165) is 24.2 Å². The van der Waals surface area contributed by atoms with Crippen LogP contribution in [0.1, 0.15) is 96.8 Å². The molecule has 0 bridgehead atoms. The molecule has 2 fully saturated rings. The molecule has 0 radical (unpaired) electrons. The van der Waals surface area contributed by atoms with Crippen LogP contribution >= 0.6 is 0 Å². The van der Waals surface area contributed by atoms with E-state index in [-0.39, 0.29) is 13.2 Å². The Balaban J connectivity index is 1.54. The van der Waals surface area contributed by atoms with Crippen molar-refractivity contribution in [3.8, 4) is 0 Å². The molecule has 2 saturated heterocycles. The van der Waals surface area contributed by atoms with Gasteiger partial charge in [-0.05, 0) is 6.42 Å². The van der Waals surface area contributed by atoms with Crippen molar-refractivity contribution in [2.24, 2.45) is 0 Å². The minimum atomic E-state index is -4.04. The van der Waals surface area contributed by atoms with Crippen molar-refractivity contribution in [2.45, 2.75) is 127 Å². The average molecular weight is 508 g/mol. The van der Waals surface area contributed by atoms with Crippen LogP contribution in [0.4, 0.5) is 4.79 Å². The third kappa shape index (κ3) is 9.23. The van der Waals surface area contributed by atoms with E-state index in [1.807, 2.05) is 0 Å². The number of hydrogen-bond acceptors (Lipinski definition) is 7. The molecule has 2 heterocycles. The lowest BCUT2D eigenvalue weighted by atomic mass is 9.93. The van der Waals surface area contributed by atoms with Gasteiger partial charge < -0.3 is 20.1 Å². The topological polar surface area (TPSA) is 148 Å². The molecule has 200 valence electrons. The number of aliphatic hydroxyl groups is 3. The molecule has 5 N–H and O–H groups in total. The highest BCUT2D eigenvalue weighted by Gasteiger charge is 2.54. The van der Waals surface area contributed by atoms with Crippen LogP contribution in [-0.4, -0.2) is 78.4 Å². The van der Waals surface area contributed by atoms with Crippen LogP contribution in [0.2, 0.25) is 0 Å². The zero-order valence-corrected chi connectivity index (χ0v) is 21.3. The SMILES string of the molecule is CCCCCCCCCCCCCCCCNS(=O)(=O)N[C@@H]1[C@@H](O)C(O)[C@H](O)C2COC(=O)N21. The molecule has 1 amide bonds. The van der Waals surface area contributed by atoms with E-state index in [2.05, 4.69) is 16.4 Å². The summed E-state index contributed by atoms with van der Waals surface area (Å²) in [5.74, 6) is 0. The van der Waals surface area contributed by atoms with Gasteiger partial charge in [0.05, 0.1) is 6.04 Å². The van der Waals surface area contributed by atoms with Crippen molar-refractivity contribution >= 4 is 16.3 Å². The van der Waals surface area contributed by atoms with E-state index in [1.165, 1.54) is 64.2 Å². The van der Waals surface area contributed by atoms with Gasteiger partial charge in [0.25, 0.3) is 10.2 Å². The number of aliphatic hydroxyl groups excluding tert-OH is 3. The molecule has 2 unspecified atom stereocenters. The molecular weight excluding hydrogens is 462 g/mol. The molecule has 11 heteroatoms. The maximum Gasteiger partial charge on any atom is 0.411 e. The zero-order chi connectivity index (χ0) is 25.0. The smallest absolute Gasteiger partial charge is 0.411 e. The summed E-state index contributed by atoms with van der Waals surface area (Å²) < 4.78 is 34.3. The zero-order valence-electron chi connectivity index (χ0n) is 20.5. The Hall–Kier alpha value is -0.980.